The molecule has 1 saturated heterocycles. The topological polar surface area (TPSA) is 45.5 Å². The summed E-state index contributed by atoms with van der Waals surface area (Å²) in [5, 5.41) is 3.12. The average Bonchev–Trinajstić information content (AvgIpc) is 2.62. The molecular formula is C9H12N2O2. The van der Waals surface area contributed by atoms with Gasteiger partial charge in [0, 0.05) is 13.6 Å². The lowest BCUT2D eigenvalue weighted by atomic mass is 10.1. The average molecular weight is 180 g/mol. The van der Waals surface area contributed by atoms with Crippen LogP contribution >= 0.6 is 0 Å². The number of hydrogen-bond donors (Lipinski definition) is 1. The third-order valence-electron chi connectivity index (χ3n) is 2.27. The van der Waals surface area contributed by atoms with E-state index >= 15 is 0 Å². The summed E-state index contributed by atoms with van der Waals surface area (Å²) in [4.78, 5) is 12.9. The number of amides is 1. The van der Waals surface area contributed by atoms with Gasteiger partial charge in [-0.05, 0) is 12.1 Å². The van der Waals surface area contributed by atoms with Crippen LogP contribution in [0.15, 0.2) is 22.8 Å². The number of carbonyl (C=O) groups excluding carboxylic acids is 1. The van der Waals surface area contributed by atoms with E-state index in [2.05, 4.69) is 5.32 Å². The lowest BCUT2D eigenvalue weighted by molar-refractivity contribution is -0.131. The van der Waals surface area contributed by atoms with Crippen molar-refractivity contribution in [3.8, 4) is 0 Å². The van der Waals surface area contributed by atoms with Gasteiger partial charge in [-0.15, -0.1) is 0 Å². The molecule has 13 heavy (non-hydrogen) atoms. The molecule has 1 amide bonds. The molecule has 0 aromatic carbocycles. The highest BCUT2D eigenvalue weighted by Gasteiger charge is 2.24. The zero-order valence-electron chi connectivity index (χ0n) is 7.49. The quantitative estimate of drug-likeness (QED) is 0.679. The smallest absolute Gasteiger partial charge is 0.236 e. The second kappa shape index (κ2) is 3.22. The Morgan fingerprint density at radius 2 is 2.54 bits per heavy atom. The molecule has 1 unspecified atom stereocenters. The highest BCUT2D eigenvalue weighted by atomic mass is 16.3. The van der Waals surface area contributed by atoms with Crippen LogP contribution in [-0.2, 0) is 4.79 Å². The highest BCUT2D eigenvalue weighted by molar-refractivity contribution is 5.78. The number of nitrogens with zero attached hydrogens (tertiary/aromatic N) is 1. The molecule has 4 nitrogen and oxygen atoms in total. The molecule has 0 radical (unpaired) electrons. The zero-order valence-corrected chi connectivity index (χ0v) is 7.49. The van der Waals surface area contributed by atoms with Crippen molar-refractivity contribution in [3.05, 3.63) is 24.2 Å². The van der Waals surface area contributed by atoms with E-state index in [0.29, 0.717) is 13.1 Å². The molecule has 1 aliphatic rings. The summed E-state index contributed by atoms with van der Waals surface area (Å²) in [6, 6.07) is 3.91. The van der Waals surface area contributed by atoms with Crippen molar-refractivity contribution in [2.24, 2.45) is 0 Å². The number of furan rings is 1. The Balaban J connectivity index is 2.07. The zero-order chi connectivity index (χ0) is 9.26. The number of carbonyl (C=O) groups is 1. The fourth-order valence-electron chi connectivity index (χ4n) is 1.47. The van der Waals surface area contributed by atoms with E-state index in [-0.39, 0.29) is 11.9 Å². The first-order chi connectivity index (χ1) is 6.27. The van der Waals surface area contributed by atoms with Crippen LogP contribution in [0.5, 0.6) is 0 Å². The third-order valence-corrected chi connectivity index (χ3v) is 2.27. The maximum atomic E-state index is 11.1. The number of nitrogens with one attached hydrogen (secondary N) is 1. The molecule has 1 atom stereocenters. The minimum Gasteiger partial charge on any atom is -0.468 e. The van der Waals surface area contributed by atoms with E-state index in [0.717, 1.165) is 5.76 Å². The maximum Gasteiger partial charge on any atom is 0.236 e. The van der Waals surface area contributed by atoms with E-state index in [4.69, 9.17) is 4.42 Å². The fourth-order valence-corrected chi connectivity index (χ4v) is 1.47. The Morgan fingerprint density at radius 1 is 1.69 bits per heavy atom. The largest absolute Gasteiger partial charge is 0.468 e. The van der Waals surface area contributed by atoms with Crippen LogP contribution in [0.3, 0.4) is 0 Å². The number of likely N-dealkylation sites (N-methyl/N-ethyl adjacent to an activating group) is 1. The van der Waals surface area contributed by atoms with Crippen molar-refractivity contribution in [2.75, 3.05) is 20.1 Å². The van der Waals surface area contributed by atoms with E-state index < -0.39 is 0 Å². The van der Waals surface area contributed by atoms with Crippen LogP contribution in [0.2, 0.25) is 0 Å². The summed E-state index contributed by atoms with van der Waals surface area (Å²) in [6.45, 7) is 1.06. The van der Waals surface area contributed by atoms with Gasteiger partial charge in [0.25, 0.3) is 0 Å². The first kappa shape index (κ1) is 8.31. The molecule has 70 valence electrons. The second-order valence-corrected chi connectivity index (χ2v) is 3.22. The first-order valence-corrected chi connectivity index (χ1v) is 4.28. The summed E-state index contributed by atoms with van der Waals surface area (Å²) in [6.07, 6.45) is 1.65. The first-order valence-electron chi connectivity index (χ1n) is 4.28. The number of piperazine rings is 1. The Bertz CT molecular complexity index is 295. The molecule has 0 bridgehead atoms. The summed E-state index contributed by atoms with van der Waals surface area (Å²) in [7, 11) is 1.80. The van der Waals surface area contributed by atoms with Crippen molar-refractivity contribution in [1.29, 1.82) is 0 Å². The summed E-state index contributed by atoms with van der Waals surface area (Å²) < 4.78 is 5.26. The van der Waals surface area contributed by atoms with Gasteiger partial charge in [0.15, 0.2) is 0 Å². The minimum absolute atomic E-state index is 0.128. The van der Waals surface area contributed by atoms with E-state index in [1.807, 2.05) is 12.1 Å². The van der Waals surface area contributed by atoms with Gasteiger partial charge in [0.1, 0.15) is 5.76 Å². The van der Waals surface area contributed by atoms with Crippen molar-refractivity contribution in [2.45, 2.75) is 6.04 Å². The van der Waals surface area contributed by atoms with Crippen molar-refractivity contribution < 1.29 is 9.21 Å². The van der Waals surface area contributed by atoms with Crippen molar-refractivity contribution >= 4 is 5.91 Å². The number of hydrogen-bond acceptors (Lipinski definition) is 3. The second-order valence-electron chi connectivity index (χ2n) is 3.22. The molecule has 0 saturated carbocycles. The van der Waals surface area contributed by atoms with Gasteiger partial charge in [0.2, 0.25) is 5.91 Å². The van der Waals surface area contributed by atoms with E-state index in [1.165, 1.54) is 0 Å². The maximum absolute atomic E-state index is 11.1. The van der Waals surface area contributed by atoms with Crippen LogP contribution in [0.4, 0.5) is 0 Å². The lowest BCUT2D eigenvalue weighted by Crippen LogP contribution is -2.47. The Labute approximate surface area is 76.5 Å². The SMILES string of the molecule is CN1CC(c2ccco2)NCC1=O. The van der Waals surface area contributed by atoms with Crippen LogP contribution in [-0.4, -0.2) is 30.9 Å². The van der Waals surface area contributed by atoms with E-state index in [1.54, 1.807) is 18.2 Å². The standard InChI is InChI=1S/C9H12N2O2/c1-11-6-7(10-5-9(11)12)8-3-2-4-13-8/h2-4,7,10H,5-6H2,1H3. The van der Waals surface area contributed by atoms with Crippen LogP contribution in [0.1, 0.15) is 11.8 Å². The van der Waals surface area contributed by atoms with E-state index in [9.17, 15) is 4.79 Å². The molecule has 0 spiro atoms. The van der Waals surface area contributed by atoms with Crippen LogP contribution in [0.25, 0.3) is 0 Å². The predicted octanol–water partition coefficient (Wildman–Crippen LogP) is 0.382. The highest BCUT2D eigenvalue weighted by Crippen LogP contribution is 2.16. The molecule has 1 fully saturated rings. The van der Waals surface area contributed by atoms with Gasteiger partial charge in [-0.2, -0.15) is 0 Å². The monoisotopic (exact) mass is 180 g/mol. The Hall–Kier alpha value is -1.29. The molecule has 2 heterocycles. The summed E-state index contributed by atoms with van der Waals surface area (Å²) in [5.41, 5.74) is 0. The Kier molecular flexibility index (Phi) is 2.06. The van der Waals surface area contributed by atoms with Gasteiger partial charge in [-0.25, -0.2) is 0 Å². The predicted molar refractivity (Wildman–Crippen MR) is 47.1 cm³/mol. The van der Waals surface area contributed by atoms with Crippen LogP contribution in [0, 0.1) is 0 Å². The molecule has 4 heteroatoms. The number of rotatable bonds is 1. The van der Waals surface area contributed by atoms with Gasteiger partial charge >= 0.3 is 0 Å². The van der Waals surface area contributed by atoms with Gasteiger partial charge < -0.3 is 9.32 Å². The molecule has 2 rings (SSSR count). The van der Waals surface area contributed by atoms with Crippen molar-refractivity contribution in [1.82, 2.24) is 10.2 Å². The molecule has 0 aliphatic carbocycles. The molecule has 1 N–H and O–H groups in total. The minimum atomic E-state index is 0.128. The van der Waals surface area contributed by atoms with Gasteiger partial charge in [-0.1, -0.05) is 0 Å². The fraction of sp³-hybridized carbons (Fsp3) is 0.444. The van der Waals surface area contributed by atoms with Gasteiger partial charge in [-0.3, -0.25) is 10.1 Å². The molecule has 1 aromatic heterocycles. The lowest BCUT2D eigenvalue weighted by Gasteiger charge is -2.29. The summed E-state index contributed by atoms with van der Waals surface area (Å²) in [5.74, 6) is 1.02. The molecule has 1 aliphatic heterocycles. The van der Waals surface area contributed by atoms with Gasteiger partial charge in [0.05, 0.1) is 18.8 Å². The Morgan fingerprint density at radius 3 is 3.15 bits per heavy atom. The van der Waals surface area contributed by atoms with Crippen LogP contribution < -0.4 is 5.32 Å². The molecular weight excluding hydrogens is 168 g/mol. The van der Waals surface area contributed by atoms with Crippen molar-refractivity contribution in [3.63, 3.8) is 0 Å². The normalized spacial score (nSPS) is 23.6. The third kappa shape index (κ3) is 1.58. The summed E-state index contributed by atoms with van der Waals surface area (Å²) >= 11 is 0. The molecule has 1 aromatic rings.